The molecule has 2 aromatic rings. The molecule has 0 bridgehead atoms. The number of nitrogens with zero attached hydrogens (tertiary/aromatic N) is 3. The van der Waals surface area contributed by atoms with Crippen molar-refractivity contribution < 1.29 is 14.8 Å². The van der Waals surface area contributed by atoms with Crippen LogP contribution < -0.4 is 11.2 Å². The van der Waals surface area contributed by atoms with Crippen molar-refractivity contribution in [3.63, 3.8) is 0 Å². The van der Waals surface area contributed by atoms with Crippen LogP contribution >= 0.6 is 11.3 Å². The highest BCUT2D eigenvalue weighted by atomic mass is 32.1. The van der Waals surface area contributed by atoms with Crippen molar-refractivity contribution in [2.45, 2.75) is 20.5 Å². The topological polar surface area (TPSA) is 120 Å². The van der Waals surface area contributed by atoms with E-state index in [0.717, 1.165) is 4.73 Å². The SMILES string of the molecule is CC(=O)/C(=N\OCc1cc(=O)c(C)cn1O)c1csc(N)n1. The Morgan fingerprint density at radius 2 is 2.32 bits per heavy atom. The first-order valence-corrected chi connectivity index (χ1v) is 7.10. The van der Waals surface area contributed by atoms with Crippen LogP contribution in [0.25, 0.3) is 0 Å². The third kappa shape index (κ3) is 3.50. The Morgan fingerprint density at radius 1 is 1.59 bits per heavy atom. The lowest BCUT2D eigenvalue weighted by molar-refractivity contribution is -0.111. The van der Waals surface area contributed by atoms with Crippen LogP contribution in [0.4, 0.5) is 5.13 Å². The number of hydrogen-bond acceptors (Lipinski definition) is 8. The highest BCUT2D eigenvalue weighted by molar-refractivity contribution is 7.13. The first-order valence-electron chi connectivity index (χ1n) is 6.22. The fourth-order valence-electron chi connectivity index (χ4n) is 1.62. The summed E-state index contributed by atoms with van der Waals surface area (Å²) in [5, 5.41) is 15.3. The van der Waals surface area contributed by atoms with E-state index in [0.29, 0.717) is 16.4 Å². The van der Waals surface area contributed by atoms with Crippen molar-refractivity contribution in [1.29, 1.82) is 0 Å². The van der Waals surface area contributed by atoms with Gasteiger partial charge in [-0.15, -0.1) is 11.3 Å². The predicted octanol–water partition coefficient (Wildman–Crippen LogP) is 0.943. The van der Waals surface area contributed by atoms with E-state index in [9.17, 15) is 14.8 Å². The monoisotopic (exact) mass is 322 g/mol. The molecule has 0 aliphatic rings. The van der Waals surface area contributed by atoms with Gasteiger partial charge >= 0.3 is 0 Å². The number of carbonyl (C=O) groups is 1. The number of thiazole rings is 1. The Kier molecular flexibility index (Phi) is 4.56. The van der Waals surface area contributed by atoms with E-state index in [-0.39, 0.29) is 29.2 Å². The lowest BCUT2D eigenvalue weighted by Crippen LogP contribution is -2.15. The lowest BCUT2D eigenvalue weighted by Gasteiger charge is -2.07. The Balaban J connectivity index is 2.18. The second-order valence-corrected chi connectivity index (χ2v) is 5.39. The van der Waals surface area contributed by atoms with Crippen LogP contribution in [0.2, 0.25) is 0 Å². The van der Waals surface area contributed by atoms with Gasteiger partial charge in [0.2, 0.25) is 0 Å². The minimum absolute atomic E-state index is 0.0203. The Labute approximate surface area is 129 Å². The molecular formula is C13H14N4O4S. The number of carbonyl (C=O) groups excluding carboxylic acids is 1. The van der Waals surface area contributed by atoms with Crippen LogP contribution in [0, 0.1) is 6.92 Å². The number of nitrogens with two attached hydrogens (primary N) is 1. The number of hydrogen-bond donors (Lipinski definition) is 2. The molecule has 0 aromatic carbocycles. The average molecular weight is 322 g/mol. The summed E-state index contributed by atoms with van der Waals surface area (Å²) in [6.45, 7) is 2.73. The second kappa shape index (κ2) is 6.39. The maximum absolute atomic E-state index is 11.6. The number of anilines is 1. The summed E-state index contributed by atoms with van der Waals surface area (Å²) < 4.78 is 0.778. The third-order valence-electron chi connectivity index (χ3n) is 2.76. The van der Waals surface area contributed by atoms with Gasteiger partial charge in [0.1, 0.15) is 11.4 Å². The molecule has 9 heteroatoms. The van der Waals surface area contributed by atoms with Crippen molar-refractivity contribution in [1.82, 2.24) is 9.71 Å². The fourth-order valence-corrected chi connectivity index (χ4v) is 2.17. The van der Waals surface area contributed by atoms with Gasteiger partial charge in [0.15, 0.2) is 28.7 Å². The maximum Gasteiger partial charge on any atom is 0.185 e. The summed E-state index contributed by atoms with van der Waals surface area (Å²) in [4.78, 5) is 32.1. The van der Waals surface area contributed by atoms with E-state index in [1.54, 1.807) is 12.3 Å². The molecule has 8 nitrogen and oxygen atoms in total. The normalized spacial score (nSPS) is 11.5. The molecule has 0 saturated heterocycles. The molecule has 0 fully saturated rings. The molecule has 2 heterocycles. The summed E-state index contributed by atoms with van der Waals surface area (Å²) in [5.74, 6) is -0.337. The molecular weight excluding hydrogens is 308 g/mol. The molecule has 0 saturated carbocycles. The van der Waals surface area contributed by atoms with E-state index >= 15 is 0 Å². The van der Waals surface area contributed by atoms with Gasteiger partial charge in [-0.3, -0.25) is 9.59 Å². The number of oxime groups is 1. The predicted molar refractivity (Wildman–Crippen MR) is 81.2 cm³/mol. The van der Waals surface area contributed by atoms with Gasteiger partial charge in [-0.1, -0.05) is 5.16 Å². The van der Waals surface area contributed by atoms with Crippen molar-refractivity contribution in [2.24, 2.45) is 5.16 Å². The van der Waals surface area contributed by atoms with Crippen molar-refractivity contribution in [3.8, 4) is 0 Å². The van der Waals surface area contributed by atoms with Crippen LogP contribution in [-0.4, -0.2) is 26.4 Å². The number of pyridine rings is 1. The first-order chi connectivity index (χ1) is 10.4. The van der Waals surface area contributed by atoms with Crippen molar-refractivity contribution in [3.05, 3.63) is 44.8 Å². The number of ketones is 1. The van der Waals surface area contributed by atoms with Crippen LogP contribution in [0.1, 0.15) is 23.9 Å². The van der Waals surface area contributed by atoms with E-state index in [2.05, 4.69) is 10.1 Å². The fraction of sp³-hybridized carbons (Fsp3) is 0.231. The van der Waals surface area contributed by atoms with Gasteiger partial charge in [-0.2, -0.15) is 4.73 Å². The number of rotatable bonds is 5. The molecule has 0 aliphatic heterocycles. The zero-order chi connectivity index (χ0) is 16.3. The molecule has 0 radical (unpaired) electrons. The summed E-state index contributed by atoms with van der Waals surface area (Å²) in [5.41, 5.74) is 6.23. The quantitative estimate of drug-likeness (QED) is 0.480. The molecule has 116 valence electrons. The van der Waals surface area contributed by atoms with E-state index < -0.39 is 0 Å². The van der Waals surface area contributed by atoms with E-state index in [4.69, 9.17) is 10.6 Å². The van der Waals surface area contributed by atoms with Gasteiger partial charge < -0.3 is 15.8 Å². The summed E-state index contributed by atoms with van der Waals surface area (Å²) in [7, 11) is 0. The van der Waals surface area contributed by atoms with Gasteiger partial charge in [-0.05, 0) is 6.92 Å². The molecule has 0 atom stereocenters. The molecule has 3 N–H and O–H groups in total. The largest absolute Gasteiger partial charge is 0.429 e. The first kappa shape index (κ1) is 15.7. The molecule has 2 rings (SSSR count). The number of aromatic nitrogens is 2. The highest BCUT2D eigenvalue weighted by Crippen LogP contribution is 2.13. The lowest BCUT2D eigenvalue weighted by atomic mass is 10.2. The van der Waals surface area contributed by atoms with Crippen molar-refractivity contribution >= 4 is 28.0 Å². The molecule has 0 aliphatic carbocycles. The third-order valence-corrected chi connectivity index (χ3v) is 3.44. The number of aryl methyl sites for hydroxylation is 1. The highest BCUT2D eigenvalue weighted by Gasteiger charge is 2.14. The molecule has 0 amide bonds. The summed E-state index contributed by atoms with van der Waals surface area (Å²) in [6.07, 6.45) is 1.28. The van der Waals surface area contributed by atoms with Crippen LogP contribution in [-0.2, 0) is 16.2 Å². The van der Waals surface area contributed by atoms with Gasteiger partial charge in [0.25, 0.3) is 0 Å². The summed E-state index contributed by atoms with van der Waals surface area (Å²) >= 11 is 1.18. The Hall–Kier alpha value is -2.68. The van der Waals surface area contributed by atoms with E-state index in [1.807, 2.05) is 0 Å². The van der Waals surface area contributed by atoms with Gasteiger partial charge in [0.05, 0.1) is 6.20 Å². The smallest absolute Gasteiger partial charge is 0.185 e. The second-order valence-electron chi connectivity index (χ2n) is 4.50. The van der Waals surface area contributed by atoms with Crippen LogP contribution in [0.3, 0.4) is 0 Å². The maximum atomic E-state index is 11.6. The van der Waals surface area contributed by atoms with E-state index in [1.165, 1.54) is 30.5 Å². The standard InChI is InChI=1S/C13H14N4O4S/c1-7-4-17(20)9(3-11(7)19)5-21-16-12(8(2)18)10-6-22-13(14)15-10/h3-4,6,20H,5H2,1-2H3,(H2,14,15)/b16-12+. The zero-order valence-corrected chi connectivity index (χ0v) is 12.8. The number of nitrogen functional groups attached to an aromatic ring is 1. The van der Waals surface area contributed by atoms with Gasteiger partial charge in [0, 0.05) is 23.9 Å². The Bertz CT molecular complexity index is 794. The number of Topliss-reactive ketones (excluding diaryl/α,β-unsaturated/α-hetero) is 1. The molecule has 0 unspecified atom stereocenters. The van der Waals surface area contributed by atoms with Crippen molar-refractivity contribution in [2.75, 3.05) is 5.73 Å². The zero-order valence-electron chi connectivity index (χ0n) is 11.9. The molecule has 0 spiro atoms. The minimum Gasteiger partial charge on any atom is -0.429 e. The average Bonchev–Trinajstić information content (AvgIpc) is 2.86. The summed E-state index contributed by atoms with van der Waals surface area (Å²) in [6, 6.07) is 1.24. The molecule has 2 aromatic heterocycles. The molecule has 22 heavy (non-hydrogen) atoms. The van der Waals surface area contributed by atoms with Crippen LogP contribution in [0.5, 0.6) is 0 Å². The Morgan fingerprint density at radius 3 is 2.91 bits per heavy atom. The van der Waals surface area contributed by atoms with Crippen LogP contribution in [0.15, 0.2) is 27.6 Å². The minimum atomic E-state index is -0.337. The van der Waals surface area contributed by atoms with Gasteiger partial charge in [-0.25, -0.2) is 4.98 Å².